The standard InChI is InChI=1S/C36H50N5O/c1-5-6-7-8-10-15-31-16-13-14-19-34(31)39-22-20-38(21-23-39)28-32-26-35(37(4)30(32)3)36(42)41-25-24-40(27-29(41)2)33-17-11-9-12-18-33/h8-9,11-14,16-19,26,29H,5-7,10,15,20-25,27-28H2,1-4H3. The summed E-state index contributed by atoms with van der Waals surface area (Å²) in [6.45, 7) is 14.1. The third-order valence-corrected chi connectivity index (χ3v) is 9.35. The monoisotopic (exact) mass is 568 g/mol. The quantitative estimate of drug-likeness (QED) is 0.253. The van der Waals surface area contributed by atoms with Crippen LogP contribution in [-0.4, -0.2) is 72.1 Å². The average Bonchev–Trinajstić information content (AvgIpc) is 3.30. The summed E-state index contributed by atoms with van der Waals surface area (Å²) < 4.78 is 2.11. The molecule has 6 nitrogen and oxygen atoms in total. The van der Waals surface area contributed by atoms with Crippen LogP contribution in [0, 0.1) is 13.3 Å². The molecule has 225 valence electrons. The Labute approximate surface area is 253 Å². The number of aromatic nitrogens is 1. The molecule has 0 saturated carbocycles. The minimum absolute atomic E-state index is 0.153. The second kappa shape index (κ2) is 14.3. The van der Waals surface area contributed by atoms with E-state index in [2.05, 4.69) is 112 Å². The molecule has 0 N–H and O–H groups in total. The maximum atomic E-state index is 13.8. The maximum Gasteiger partial charge on any atom is 0.270 e. The van der Waals surface area contributed by atoms with Gasteiger partial charge in [-0.15, -0.1) is 0 Å². The van der Waals surface area contributed by atoms with Gasteiger partial charge in [-0.3, -0.25) is 9.69 Å². The van der Waals surface area contributed by atoms with E-state index >= 15 is 0 Å². The molecular weight excluding hydrogens is 518 g/mol. The number of benzene rings is 2. The second-order valence-corrected chi connectivity index (χ2v) is 12.2. The number of anilines is 2. The first-order chi connectivity index (χ1) is 20.5. The molecule has 2 aliphatic heterocycles. The highest BCUT2D eigenvalue weighted by molar-refractivity contribution is 5.93. The van der Waals surface area contributed by atoms with E-state index in [4.69, 9.17) is 0 Å². The van der Waals surface area contributed by atoms with Crippen LogP contribution in [0.5, 0.6) is 0 Å². The van der Waals surface area contributed by atoms with E-state index in [0.717, 1.165) is 70.9 Å². The number of carbonyl (C=O) groups is 1. The number of hydrogen-bond acceptors (Lipinski definition) is 4. The van der Waals surface area contributed by atoms with Gasteiger partial charge in [-0.25, -0.2) is 0 Å². The van der Waals surface area contributed by atoms with Crippen LogP contribution >= 0.6 is 0 Å². The number of rotatable bonds is 11. The Bertz CT molecular complexity index is 1290. The van der Waals surface area contributed by atoms with Gasteiger partial charge in [0.25, 0.3) is 5.91 Å². The van der Waals surface area contributed by atoms with Gasteiger partial charge < -0.3 is 19.3 Å². The van der Waals surface area contributed by atoms with Crippen molar-refractivity contribution in [1.82, 2.24) is 14.4 Å². The van der Waals surface area contributed by atoms with E-state index < -0.39 is 0 Å². The highest BCUT2D eigenvalue weighted by Gasteiger charge is 2.30. The van der Waals surface area contributed by atoms with Gasteiger partial charge in [0.05, 0.1) is 0 Å². The highest BCUT2D eigenvalue weighted by Crippen LogP contribution is 2.26. The third kappa shape index (κ3) is 7.03. The molecule has 1 unspecified atom stereocenters. The zero-order valence-corrected chi connectivity index (χ0v) is 26.3. The maximum absolute atomic E-state index is 13.8. The lowest BCUT2D eigenvalue weighted by Crippen LogP contribution is -2.54. The summed E-state index contributed by atoms with van der Waals surface area (Å²) in [7, 11) is 2.05. The number of hydrogen-bond donors (Lipinski definition) is 0. The van der Waals surface area contributed by atoms with Gasteiger partial charge >= 0.3 is 0 Å². The van der Waals surface area contributed by atoms with Gasteiger partial charge in [-0.05, 0) is 68.5 Å². The first-order valence-corrected chi connectivity index (χ1v) is 16.1. The van der Waals surface area contributed by atoms with Crippen molar-refractivity contribution in [2.24, 2.45) is 7.05 Å². The lowest BCUT2D eigenvalue weighted by molar-refractivity contribution is 0.0664. The van der Waals surface area contributed by atoms with E-state index in [1.54, 1.807) is 0 Å². The largest absolute Gasteiger partial charge is 0.369 e. The number of aryl methyl sites for hydroxylation is 1. The molecule has 2 aromatic carbocycles. The minimum Gasteiger partial charge on any atom is -0.369 e. The molecule has 3 heterocycles. The fourth-order valence-electron chi connectivity index (χ4n) is 6.58. The average molecular weight is 569 g/mol. The highest BCUT2D eigenvalue weighted by atomic mass is 16.2. The lowest BCUT2D eigenvalue weighted by Gasteiger charge is -2.41. The molecule has 1 atom stereocenters. The smallest absolute Gasteiger partial charge is 0.270 e. The molecule has 42 heavy (non-hydrogen) atoms. The Hall–Kier alpha value is -3.25. The van der Waals surface area contributed by atoms with Crippen molar-refractivity contribution in [2.75, 3.05) is 55.6 Å². The van der Waals surface area contributed by atoms with Crippen LogP contribution in [-0.2, 0) is 20.0 Å². The van der Waals surface area contributed by atoms with Crippen LogP contribution in [0.4, 0.5) is 11.4 Å². The van der Waals surface area contributed by atoms with E-state index in [1.807, 2.05) is 7.05 Å². The topological polar surface area (TPSA) is 35.0 Å². The first-order valence-electron chi connectivity index (χ1n) is 16.1. The predicted molar refractivity (Wildman–Crippen MR) is 175 cm³/mol. The van der Waals surface area contributed by atoms with E-state index in [0.29, 0.717) is 0 Å². The lowest BCUT2D eigenvalue weighted by atomic mass is 10.0. The van der Waals surface area contributed by atoms with Crippen molar-refractivity contribution in [1.29, 1.82) is 0 Å². The summed E-state index contributed by atoms with van der Waals surface area (Å²) in [5.41, 5.74) is 7.39. The molecule has 1 aromatic heterocycles. The Morgan fingerprint density at radius 2 is 1.60 bits per heavy atom. The molecule has 6 heteroatoms. The summed E-state index contributed by atoms with van der Waals surface area (Å²) >= 11 is 0. The molecule has 2 saturated heterocycles. The molecular formula is C36H50N5O. The van der Waals surface area contributed by atoms with Gasteiger partial charge in [-0.1, -0.05) is 62.6 Å². The van der Waals surface area contributed by atoms with Crippen LogP contribution in [0.2, 0.25) is 0 Å². The summed E-state index contributed by atoms with van der Waals surface area (Å²) in [4.78, 5) is 23.3. The number of para-hydroxylation sites is 2. The van der Waals surface area contributed by atoms with E-state index in [-0.39, 0.29) is 11.9 Å². The Morgan fingerprint density at radius 3 is 2.33 bits per heavy atom. The first kappa shape index (κ1) is 30.2. The zero-order chi connectivity index (χ0) is 29.5. The van der Waals surface area contributed by atoms with Gasteiger partial charge in [0.2, 0.25) is 0 Å². The molecule has 1 radical (unpaired) electrons. The zero-order valence-electron chi connectivity index (χ0n) is 26.3. The van der Waals surface area contributed by atoms with Crippen molar-refractivity contribution < 1.29 is 4.79 Å². The Morgan fingerprint density at radius 1 is 0.881 bits per heavy atom. The van der Waals surface area contributed by atoms with Crippen molar-refractivity contribution in [3.8, 4) is 0 Å². The molecule has 2 aliphatic rings. The molecule has 2 fully saturated rings. The SMILES string of the molecule is CCCC[CH]CCc1ccccc1N1CCN(Cc2cc(C(=O)N3CCN(c4ccccc4)CC3C)n(C)c2C)CC1. The van der Waals surface area contributed by atoms with Crippen LogP contribution in [0.1, 0.15) is 66.8 Å². The number of nitrogens with zero attached hydrogens (tertiary/aromatic N) is 5. The van der Waals surface area contributed by atoms with Crippen LogP contribution in [0.15, 0.2) is 60.7 Å². The summed E-state index contributed by atoms with van der Waals surface area (Å²) in [5.74, 6) is 0.153. The van der Waals surface area contributed by atoms with Crippen LogP contribution < -0.4 is 9.80 Å². The van der Waals surface area contributed by atoms with E-state index in [9.17, 15) is 4.79 Å². The number of unbranched alkanes of at least 4 members (excludes halogenated alkanes) is 4. The van der Waals surface area contributed by atoms with Gasteiger partial charge in [0.1, 0.15) is 5.69 Å². The number of carbonyl (C=O) groups excluding carboxylic acids is 1. The summed E-state index contributed by atoms with van der Waals surface area (Å²) in [6.07, 6.45) is 8.54. The molecule has 5 rings (SSSR count). The van der Waals surface area contributed by atoms with Crippen molar-refractivity contribution >= 4 is 17.3 Å². The van der Waals surface area contributed by atoms with E-state index in [1.165, 1.54) is 47.5 Å². The summed E-state index contributed by atoms with van der Waals surface area (Å²) in [5, 5.41) is 0. The predicted octanol–water partition coefficient (Wildman–Crippen LogP) is 6.33. The second-order valence-electron chi connectivity index (χ2n) is 12.2. The minimum atomic E-state index is 0.153. The molecule has 0 bridgehead atoms. The fraction of sp³-hybridized carbons (Fsp3) is 0.500. The molecule has 0 spiro atoms. The van der Waals surface area contributed by atoms with Gasteiger partial charge in [0.15, 0.2) is 0 Å². The van der Waals surface area contributed by atoms with Crippen LogP contribution in [0.3, 0.4) is 0 Å². The Kier molecular flexibility index (Phi) is 10.3. The Balaban J connectivity index is 1.16. The fourth-order valence-corrected chi connectivity index (χ4v) is 6.58. The van der Waals surface area contributed by atoms with Crippen LogP contribution in [0.25, 0.3) is 0 Å². The molecule has 3 aromatic rings. The number of amides is 1. The third-order valence-electron chi connectivity index (χ3n) is 9.35. The van der Waals surface area contributed by atoms with Crippen molar-refractivity contribution in [2.45, 2.75) is 65.5 Å². The summed E-state index contributed by atoms with van der Waals surface area (Å²) in [6, 6.07) is 21.8. The van der Waals surface area contributed by atoms with Gasteiger partial charge in [0, 0.05) is 82.5 Å². The molecule has 1 amide bonds. The number of piperazine rings is 2. The normalized spacial score (nSPS) is 18.1. The van der Waals surface area contributed by atoms with Crippen molar-refractivity contribution in [3.05, 3.63) is 89.6 Å². The van der Waals surface area contributed by atoms with Crippen molar-refractivity contribution in [3.63, 3.8) is 0 Å². The van der Waals surface area contributed by atoms with Gasteiger partial charge in [-0.2, -0.15) is 0 Å². The molecule has 0 aliphatic carbocycles.